The first kappa shape index (κ1) is 48.6. The highest BCUT2D eigenvalue weighted by Gasteiger charge is 2.33. The fourth-order valence-corrected chi connectivity index (χ4v) is 5.03. The number of aromatic carboxylic acids is 1. The number of esters is 2. The van der Waals surface area contributed by atoms with Gasteiger partial charge in [0, 0.05) is 21.1 Å². The van der Waals surface area contributed by atoms with E-state index in [4.69, 9.17) is 33.0 Å². The summed E-state index contributed by atoms with van der Waals surface area (Å²) in [5.74, 6) is -1.64. The molecule has 2 aromatic rings. The summed E-state index contributed by atoms with van der Waals surface area (Å²) in [6.07, 6.45) is 5.68. The van der Waals surface area contributed by atoms with Crippen LogP contribution in [0.3, 0.4) is 0 Å². The second-order valence-electron chi connectivity index (χ2n) is 9.12. The number of piperidine rings is 2. The van der Waals surface area contributed by atoms with Gasteiger partial charge in [-0.2, -0.15) is 27.0 Å². The molecule has 0 aliphatic carbocycles. The molecule has 4 rings (SSSR count). The van der Waals surface area contributed by atoms with Crippen molar-refractivity contribution < 1.29 is 33.8 Å². The van der Waals surface area contributed by atoms with Gasteiger partial charge in [0.1, 0.15) is 12.1 Å². The summed E-state index contributed by atoms with van der Waals surface area (Å²) in [6, 6.07) is 8.98. The highest BCUT2D eigenvalue weighted by molar-refractivity contribution is 14.0. The van der Waals surface area contributed by atoms with E-state index in [2.05, 4.69) is 41.9 Å². The van der Waals surface area contributed by atoms with Gasteiger partial charge >= 0.3 is 17.9 Å². The number of carboxylic acid groups (broad SMARTS) is 1. The van der Waals surface area contributed by atoms with Gasteiger partial charge in [-0.05, 0) is 107 Å². The van der Waals surface area contributed by atoms with Crippen LogP contribution in [0.4, 0.5) is 0 Å². The van der Waals surface area contributed by atoms with Gasteiger partial charge in [-0.25, -0.2) is 9.59 Å². The molecule has 45 heavy (non-hydrogen) atoms. The number of nitrogens with zero attached hydrogens (tertiary/aromatic N) is 1. The van der Waals surface area contributed by atoms with Gasteiger partial charge in [0.25, 0.3) is 5.91 Å². The Kier molecular flexibility index (Phi) is 27.3. The van der Waals surface area contributed by atoms with Crippen LogP contribution in [-0.2, 0) is 19.1 Å². The monoisotopic (exact) mass is 948 g/mol. The Bertz CT molecular complexity index is 1250. The standard InChI is InChI=1S/C14H15BrClNO3.C7H4BrClO2.C7H13NO2.CH4.HI.2H2S/c1-20-14(19)12-4-2-3-7-17(12)13(18)9-5-6-10(15)11(16)8-9;8-5-2-1-4(7(10)11)3-6(5)9;1-10-7(9)6-4-2-3-5-8-6;;;;/h5-6,8,12H,2-4,7H2,1H3;1-3H,(H,10,11);6,8H,2-5H2,1H3;1H4;1H;2*1H2/t12-;;6-;;;;/m0.0..../s1. The summed E-state index contributed by atoms with van der Waals surface area (Å²) >= 11 is 18.1. The summed E-state index contributed by atoms with van der Waals surface area (Å²) < 4.78 is 10.8. The number of rotatable bonds is 4. The molecule has 0 spiro atoms. The van der Waals surface area contributed by atoms with E-state index in [0.717, 1.165) is 36.7 Å². The zero-order valence-corrected chi connectivity index (χ0v) is 33.1. The highest BCUT2D eigenvalue weighted by atomic mass is 127. The number of nitrogens with one attached hydrogen (secondary N) is 1. The van der Waals surface area contributed by atoms with Crippen LogP contribution in [0.5, 0.6) is 0 Å². The number of carbonyl (C=O) groups is 4. The first-order valence-corrected chi connectivity index (χ1v) is 15.2. The molecule has 2 fully saturated rings. The van der Waals surface area contributed by atoms with Gasteiger partial charge in [0.2, 0.25) is 0 Å². The van der Waals surface area contributed by atoms with Crippen LogP contribution in [-0.4, -0.2) is 73.2 Å². The molecule has 2 heterocycles. The van der Waals surface area contributed by atoms with Crippen LogP contribution in [0.2, 0.25) is 10.0 Å². The molecule has 2 aromatic carbocycles. The van der Waals surface area contributed by atoms with Gasteiger partial charge < -0.3 is 24.8 Å². The molecule has 0 aromatic heterocycles. The molecule has 0 unspecified atom stereocenters. The van der Waals surface area contributed by atoms with E-state index in [0.29, 0.717) is 33.0 Å². The minimum atomic E-state index is -0.973. The molecule has 256 valence electrons. The van der Waals surface area contributed by atoms with Gasteiger partial charge in [0.05, 0.1) is 29.8 Å². The van der Waals surface area contributed by atoms with Gasteiger partial charge in [-0.15, -0.1) is 24.0 Å². The molecular weight excluding hydrogens is 910 g/mol. The Morgan fingerprint density at radius 3 is 1.82 bits per heavy atom. The number of hydrogen-bond donors (Lipinski definition) is 2. The van der Waals surface area contributed by atoms with E-state index in [-0.39, 0.29) is 87.8 Å². The van der Waals surface area contributed by atoms with E-state index < -0.39 is 12.0 Å². The lowest BCUT2D eigenvalue weighted by Crippen LogP contribution is -2.48. The minimum absolute atomic E-state index is 0. The minimum Gasteiger partial charge on any atom is -0.478 e. The third-order valence-electron chi connectivity index (χ3n) is 6.37. The largest absolute Gasteiger partial charge is 0.478 e. The number of benzene rings is 2. The third-order valence-corrected chi connectivity index (χ3v) is 8.83. The Hall–Kier alpha value is -0.750. The van der Waals surface area contributed by atoms with Crippen LogP contribution in [0.1, 0.15) is 66.7 Å². The maximum atomic E-state index is 12.5. The molecule has 2 N–H and O–H groups in total. The number of amides is 1. The second kappa shape index (κ2) is 25.3. The van der Waals surface area contributed by atoms with Crippen molar-refractivity contribution in [1.29, 1.82) is 0 Å². The maximum absolute atomic E-state index is 12.5. The number of carbonyl (C=O) groups excluding carboxylic acids is 3. The smallest absolute Gasteiger partial charge is 0.335 e. The van der Waals surface area contributed by atoms with Crippen molar-refractivity contribution in [3.05, 3.63) is 66.5 Å². The SMILES string of the molecule is C.COC(=O)[C@@H]1CCCCN1.COC(=O)[C@@H]1CCCCN1C(=O)c1ccc(Br)c(Cl)c1.I.O=C(O)c1ccc(Br)c(Cl)c1.S.S. The lowest BCUT2D eigenvalue weighted by atomic mass is 10.0. The molecule has 0 saturated carbocycles. The number of halogens is 5. The van der Waals surface area contributed by atoms with Crippen molar-refractivity contribution in [2.45, 2.75) is 58.0 Å². The Morgan fingerprint density at radius 2 is 1.36 bits per heavy atom. The van der Waals surface area contributed by atoms with Crippen LogP contribution in [0, 0.1) is 0 Å². The molecule has 2 saturated heterocycles. The average molecular weight is 951 g/mol. The average Bonchev–Trinajstić information content (AvgIpc) is 2.99. The molecule has 16 heteroatoms. The quantitative estimate of drug-likeness (QED) is 0.235. The van der Waals surface area contributed by atoms with Gasteiger partial charge in [0.15, 0.2) is 0 Å². The van der Waals surface area contributed by atoms with E-state index >= 15 is 0 Å². The van der Waals surface area contributed by atoms with Gasteiger partial charge in [-0.3, -0.25) is 9.59 Å². The van der Waals surface area contributed by atoms with Crippen LogP contribution >= 0.6 is 106 Å². The van der Waals surface area contributed by atoms with E-state index in [1.165, 1.54) is 32.8 Å². The second-order valence-corrected chi connectivity index (χ2v) is 11.6. The topological polar surface area (TPSA) is 122 Å². The third kappa shape index (κ3) is 15.8. The van der Waals surface area contributed by atoms with Crippen molar-refractivity contribution >= 4 is 130 Å². The maximum Gasteiger partial charge on any atom is 0.335 e. The molecule has 2 aliphatic heterocycles. The summed E-state index contributed by atoms with van der Waals surface area (Å²) in [4.78, 5) is 47.2. The fourth-order valence-electron chi connectivity index (χ4n) is 4.18. The summed E-state index contributed by atoms with van der Waals surface area (Å²) in [5.41, 5.74) is 0.673. The molecule has 0 radical (unpaired) electrons. The van der Waals surface area contributed by atoms with Crippen molar-refractivity contribution in [2.24, 2.45) is 0 Å². The predicted molar refractivity (Wildman–Crippen MR) is 207 cm³/mol. The predicted octanol–water partition coefficient (Wildman–Crippen LogP) is 7.85. The Balaban J connectivity index is -0.000000609. The molecule has 9 nitrogen and oxygen atoms in total. The Labute approximate surface area is 323 Å². The number of carboxylic acids is 1. The summed E-state index contributed by atoms with van der Waals surface area (Å²) in [5, 5.41) is 12.5. The van der Waals surface area contributed by atoms with Crippen LogP contribution < -0.4 is 5.32 Å². The molecule has 0 bridgehead atoms. The number of hydrogen-bond acceptors (Lipinski definition) is 7. The zero-order valence-electron chi connectivity index (χ0n) is 24.0. The molecular formula is C29H41Br2Cl2IN2O7S2. The fraction of sp³-hybridized carbons (Fsp3) is 0.448. The summed E-state index contributed by atoms with van der Waals surface area (Å²) in [6.45, 7) is 1.51. The Morgan fingerprint density at radius 1 is 0.844 bits per heavy atom. The van der Waals surface area contributed by atoms with E-state index in [1.54, 1.807) is 29.2 Å². The van der Waals surface area contributed by atoms with Crippen LogP contribution in [0.15, 0.2) is 45.3 Å². The molecule has 2 aliphatic rings. The summed E-state index contributed by atoms with van der Waals surface area (Å²) in [7, 11) is 2.77. The van der Waals surface area contributed by atoms with Gasteiger partial charge in [-0.1, -0.05) is 37.0 Å². The van der Waals surface area contributed by atoms with E-state index in [1.807, 2.05) is 0 Å². The van der Waals surface area contributed by atoms with Crippen LogP contribution in [0.25, 0.3) is 0 Å². The number of methoxy groups -OCH3 is 2. The highest BCUT2D eigenvalue weighted by Crippen LogP contribution is 2.26. The number of likely N-dealkylation sites (tertiary alicyclic amines) is 1. The van der Waals surface area contributed by atoms with Crippen molar-refractivity contribution in [3.63, 3.8) is 0 Å². The van der Waals surface area contributed by atoms with Crippen molar-refractivity contribution in [3.8, 4) is 0 Å². The lowest BCUT2D eigenvalue weighted by Gasteiger charge is -2.33. The first-order valence-electron chi connectivity index (χ1n) is 12.8. The molecule has 1 amide bonds. The zero-order chi connectivity index (χ0) is 30.5. The van der Waals surface area contributed by atoms with Crippen molar-refractivity contribution in [2.75, 3.05) is 27.3 Å². The molecule has 2 atom stereocenters. The normalized spacial score (nSPS) is 16.4. The van der Waals surface area contributed by atoms with E-state index in [9.17, 15) is 19.2 Å². The number of ether oxygens (including phenoxy) is 2. The van der Waals surface area contributed by atoms with Crippen molar-refractivity contribution in [1.82, 2.24) is 10.2 Å². The lowest BCUT2D eigenvalue weighted by molar-refractivity contribution is -0.147. The first-order chi connectivity index (χ1) is 19.5.